The number of nitrogens with two attached hydrogens (primary N) is 1. The average Bonchev–Trinajstić information content (AvgIpc) is 2.64. The highest BCUT2D eigenvalue weighted by Gasteiger charge is 2.30. The van der Waals surface area contributed by atoms with Crippen LogP contribution in [0.25, 0.3) is 11.0 Å². The maximum atomic E-state index is 12.6. The third-order valence-corrected chi connectivity index (χ3v) is 2.93. The quantitative estimate of drug-likeness (QED) is 0.929. The molecule has 0 radical (unpaired) electrons. The number of rotatable bonds is 4. The summed E-state index contributed by atoms with van der Waals surface area (Å²) >= 11 is 0. The van der Waals surface area contributed by atoms with Crippen LogP contribution in [0.3, 0.4) is 0 Å². The third-order valence-electron chi connectivity index (χ3n) is 2.93. The van der Waals surface area contributed by atoms with Crippen LogP contribution in [-0.2, 0) is 19.5 Å². The van der Waals surface area contributed by atoms with E-state index in [2.05, 4.69) is 4.98 Å². The highest BCUT2D eigenvalue weighted by molar-refractivity contribution is 5.77. The number of aryl methyl sites for hydroxylation is 1. The van der Waals surface area contributed by atoms with Crippen molar-refractivity contribution in [2.24, 2.45) is 5.73 Å². The molecule has 0 spiro atoms. The van der Waals surface area contributed by atoms with Gasteiger partial charge in [-0.2, -0.15) is 13.2 Å². The van der Waals surface area contributed by atoms with Crippen LogP contribution in [0.1, 0.15) is 24.7 Å². The van der Waals surface area contributed by atoms with Crippen LogP contribution >= 0.6 is 0 Å². The Morgan fingerprint density at radius 2 is 2.05 bits per heavy atom. The van der Waals surface area contributed by atoms with Gasteiger partial charge in [-0.15, -0.1) is 0 Å². The molecule has 6 heteroatoms. The lowest BCUT2D eigenvalue weighted by atomic mass is 10.2. The fraction of sp³-hybridized carbons (Fsp3) is 0.462. The Morgan fingerprint density at radius 3 is 2.63 bits per heavy atom. The van der Waals surface area contributed by atoms with Gasteiger partial charge in [-0.05, 0) is 24.1 Å². The second kappa shape index (κ2) is 5.21. The number of benzene rings is 1. The molecule has 1 heterocycles. The van der Waals surface area contributed by atoms with Crippen molar-refractivity contribution in [1.82, 2.24) is 9.55 Å². The monoisotopic (exact) mass is 271 g/mol. The summed E-state index contributed by atoms with van der Waals surface area (Å²) in [5.74, 6) is 0.0681. The SMILES string of the molecule is CCCn1c(CC(F)(F)F)nc2cc(CN)ccc21. The van der Waals surface area contributed by atoms with Gasteiger partial charge in [0.15, 0.2) is 0 Å². The standard InChI is InChI=1S/C13H16F3N3/c1-2-5-19-11-4-3-9(8-17)6-10(11)18-12(19)7-13(14,15)16/h3-4,6H,2,5,7-8,17H2,1H3. The minimum absolute atomic E-state index is 0.0681. The Morgan fingerprint density at radius 1 is 1.32 bits per heavy atom. The highest BCUT2D eigenvalue weighted by atomic mass is 19.4. The summed E-state index contributed by atoms with van der Waals surface area (Å²) in [4.78, 5) is 4.11. The number of hydrogen-bond donors (Lipinski definition) is 1. The summed E-state index contributed by atoms with van der Waals surface area (Å²) in [6.07, 6.45) is -4.49. The molecular weight excluding hydrogens is 255 g/mol. The molecule has 0 aliphatic rings. The van der Waals surface area contributed by atoms with Crippen molar-refractivity contribution in [3.8, 4) is 0 Å². The largest absolute Gasteiger partial charge is 0.396 e. The first kappa shape index (κ1) is 13.9. The van der Waals surface area contributed by atoms with Gasteiger partial charge in [0, 0.05) is 13.1 Å². The average molecular weight is 271 g/mol. The highest BCUT2D eigenvalue weighted by Crippen LogP contribution is 2.25. The molecular formula is C13H16F3N3. The van der Waals surface area contributed by atoms with Crippen molar-refractivity contribution in [2.75, 3.05) is 0 Å². The van der Waals surface area contributed by atoms with Crippen LogP contribution in [0.2, 0.25) is 0 Å². The molecule has 3 nitrogen and oxygen atoms in total. The van der Waals surface area contributed by atoms with Crippen molar-refractivity contribution in [3.63, 3.8) is 0 Å². The zero-order chi connectivity index (χ0) is 14.0. The van der Waals surface area contributed by atoms with E-state index in [1.165, 1.54) is 0 Å². The molecule has 2 N–H and O–H groups in total. The predicted octanol–water partition coefficient (Wildman–Crippen LogP) is 3.01. The maximum absolute atomic E-state index is 12.6. The van der Waals surface area contributed by atoms with E-state index in [0.717, 1.165) is 17.5 Å². The zero-order valence-electron chi connectivity index (χ0n) is 10.7. The zero-order valence-corrected chi connectivity index (χ0v) is 10.7. The van der Waals surface area contributed by atoms with E-state index >= 15 is 0 Å². The summed E-state index contributed by atoms with van der Waals surface area (Å²) in [6.45, 7) is 2.81. The van der Waals surface area contributed by atoms with Crippen molar-refractivity contribution >= 4 is 11.0 Å². The molecule has 1 aromatic heterocycles. The van der Waals surface area contributed by atoms with Crippen molar-refractivity contribution < 1.29 is 13.2 Å². The van der Waals surface area contributed by atoms with E-state index in [0.29, 0.717) is 18.6 Å². The van der Waals surface area contributed by atoms with Gasteiger partial charge in [0.25, 0.3) is 0 Å². The molecule has 0 saturated carbocycles. The Balaban J connectivity index is 2.52. The summed E-state index contributed by atoms with van der Waals surface area (Å²) < 4.78 is 39.3. The van der Waals surface area contributed by atoms with Crippen molar-refractivity contribution in [2.45, 2.75) is 39.0 Å². The second-order valence-electron chi connectivity index (χ2n) is 4.50. The minimum Gasteiger partial charge on any atom is -0.328 e. The molecule has 0 aliphatic heterocycles. The second-order valence-corrected chi connectivity index (χ2v) is 4.50. The van der Waals surface area contributed by atoms with Crippen LogP contribution in [0.4, 0.5) is 13.2 Å². The fourth-order valence-electron chi connectivity index (χ4n) is 2.14. The van der Waals surface area contributed by atoms with E-state index in [-0.39, 0.29) is 5.82 Å². The van der Waals surface area contributed by atoms with E-state index < -0.39 is 12.6 Å². The van der Waals surface area contributed by atoms with Crippen LogP contribution in [-0.4, -0.2) is 15.7 Å². The number of aromatic nitrogens is 2. The van der Waals surface area contributed by atoms with Gasteiger partial charge in [-0.3, -0.25) is 0 Å². The molecule has 0 aliphatic carbocycles. The summed E-state index contributed by atoms with van der Waals surface area (Å²) in [7, 11) is 0. The van der Waals surface area contributed by atoms with Gasteiger partial charge in [-0.25, -0.2) is 4.98 Å². The van der Waals surface area contributed by atoms with Crippen LogP contribution < -0.4 is 5.73 Å². The maximum Gasteiger partial charge on any atom is 0.396 e. The molecule has 0 saturated heterocycles. The number of alkyl halides is 3. The van der Waals surface area contributed by atoms with E-state index in [1.807, 2.05) is 13.0 Å². The number of imidazole rings is 1. The lowest BCUT2D eigenvalue weighted by molar-refractivity contribution is -0.128. The Labute approximate surface area is 109 Å². The molecule has 104 valence electrons. The minimum atomic E-state index is -4.25. The summed E-state index contributed by atoms with van der Waals surface area (Å²) in [6, 6.07) is 5.37. The van der Waals surface area contributed by atoms with E-state index in [4.69, 9.17) is 5.73 Å². The van der Waals surface area contributed by atoms with Crippen molar-refractivity contribution in [3.05, 3.63) is 29.6 Å². The Hall–Kier alpha value is -1.56. The molecule has 19 heavy (non-hydrogen) atoms. The Kier molecular flexibility index (Phi) is 3.80. The molecule has 0 atom stereocenters. The fourth-order valence-corrected chi connectivity index (χ4v) is 2.14. The molecule has 0 amide bonds. The van der Waals surface area contributed by atoms with E-state index in [1.54, 1.807) is 16.7 Å². The van der Waals surface area contributed by atoms with Gasteiger partial charge in [0.05, 0.1) is 11.0 Å². The number of nitrogens with zero attached hydrogens (tertiary/aromatic N) is 2. The number of fused-ring (bicyclic) bond motifs is 1. The lowest BCUT2D eigenvalue weighted by Crippen LogP contribution is -2.16. The first-order valence-corrected chi connectivity index (χ1v) is 6.19. The first-order valence-electron chi connectivity index (χ1n) is 6.19. The number of halogens is 3. The van der Waals surface area contributed by atoms with Crippen LogP contribution in [0.15, 0.2) is 18.2 Å². The topological polar surface area (TPSA) is 43.8 Å². The van der Waals surface area contributed by atoms with Crippen LogP contribution in [0, 0.1) is 0 Å². The molecule has 0 unspecified atom stereocenters. The summed E-state index contributed by atoms with van der Waals surface area (Å²) in [5.41, 5.74) is 7.71. The first-order chi connectivity index (χ1) is 8.94. The predicted molar refractivity (Wildman–Crippen MR) is 67.7 cm³/mol. The lowest BCUT2D eigenvalue weighted by Gasteiger charge is -2.09. The summed E-state index contributed by atoms with van der Waals surface area (Å²) in [5, 5.41) is 0. The molecule has 2 rings (SSSR count). The third kappa shape index (κ3) is 3.07. The van der Waals surface area contributed by atoms with Gasteiger partial charge < -0.3 is 10.3 Å². The normalized spacial score (nSPS) is 12.3. The molecule has 0 bridgehead atoms. The molecule has 0 fully saturated rings. The van der Waals surface area contributed by atoms with Gasteiger partial charge >= 0.3 is 6.18 Å². The van der Waals surface area contributed by atoms with Gasteiger partial charge in [0.2, 0.25) is 0 Å². The molecule has 1 aromatic carbocycles. The van der Waals surface area contributed by atoms with Gasteiger partial charge in [0.1, 0.15) is 12.2 Å². The molecule has 2 aromatic rings. The van der Waals surface area contributed by atoms with Crippen LogP contribution in [0.5, 0.6) is 0 Å². The van der Waals surface area contributed by atoms with Crippen molar-refractivity contribution in [1.29, 1.82) is 0 Å². The van der Waals surface area contributed by atoms with Gasteiger partial charge in [-0.1, -0.05) is 13.0 Å². The Bertz CT molecular complexity index is 572. The number of hydrogen-bond acceptors (Lipinski definition) is 2. The van der Waals surface area contributed by atoms with E-state index in [9.17, 15) is 13.2 Å². The smallest absolute Gasteiger partial charge is 0.328 e.